The molecule has 1 aromatic carbocycles. The van der Waals surface area contributed by atoms with Crippen molar-refractivity contribution in [2.45, 2.75) is 18.1 Å². The van der Waals surface area contributed by atoms with E-state index in [1.165, 1.54) is 23.4 Å². The van der Waals surface area contributed by atoms with E-state index < -0.39 is 11.7 Å². The van der Waals surface area contributed by atoms with Gasteiger partial charge in [0, 0.05) is 24.2 Å². The van der Waals surface area contributed by atoms with E-state index in [4.69, 9.17) is 0 Å². The van der Waals surface area contributed by atoms with Crippen molar-refractivity contribution in [3.63, 3.8) is 0 Å². The average Bonchev–Trinajstić information content (AvgIpc) is 2.43. The minimum absolute atomic E-state index is 0.592. The van der Waals surface area contributed by atoms with Crippen molar-refractivity contribution in [3.05, 3.63) is 53.7 Å². The Hall–Kier alpha value is -1.69. The molecule has 6 heteroatoms. The van der Waals surface area contributed by atoms with Crippen LogP contribution in [0.25, 0.3) is 0 Å². The molecule has 0 unspecified atom stereocenters. The molecule has 0 aliphatic heterocycles. The zero-order chi connectivity index (χ0) is 15.3. The van der Waals surface area contributed by atoms with Gasteiger partial charge in [-0.15, -0.1) is 11.8 Å². The van der Waals surface area contributed by atoms with Gasteiger partial charge in [0.1, 0.15) is 0 Å². The number of anilines is 1. The summed E-state index contributed by atoms with van der Waals surface area (Å²) in [4.78, 5) is 3.82. The van der Waals surface area contributed by atoms with Crippen LogP contribution in [0.3, 0.4) is 0 Å². The second-order valence-corrected chi connectivity index (χ2v) is 5.64. The normalized spacial score (nSPS) is 11.4. The minimum atomic E-state index is -4.33. The number of aromatic nitrogens is 1. The SMILES string of the molecule is Cc1cccc(NCCSc2ccc(C(F)(F)F)cn2)c1. The van der Waals surface area contributed by atoms with Crippen molar-refractivity contribution >= 4 is 17.4 Å². The van der Waals surface area contributed by atoms with E-state index in [1.54, 1.807) is 0 Å². The van der Waals surface area contributed by atoms with E-state index >= 15 is 0 Å². The lowest BCUT2D eigenvalue weighted by atomic mass is 10.2. The Morgan fingerprint density at radius 3 is 2.62 bits per heavy atom. The standard InChI is InChI=1S/C15H15F3N2S/c1-11-3-2-4-13(9-11)19-7-8-21-14-6-5-12(10-20-14)15(16,17)18/h2-6,9-10,19H,7-8H2,1H3. The molecule has 0 bridgehead atoms. The van der Waals surface area contributed by atoms with Crippen molar-refractivity contribution < 1.29 is 13.2 Å². The van der Waals surface area contributed by atoms with Gasteiger partial charge in [0.15, 0.2) is 0 Å². The summed E-state index contributed by atoms with van der Waals surface area (Å²) >= 11 is 1.42. The Labute approximate surface area is 125 Å². The van der Waals surface area contributed by atoms with Crippen LogP contribution >= 0.6 is 11.8 Å². The van der Waals surface area contributed by atoms with E-state index in [-0.39, 0.29) is 0 Å². The van der Waals surface area contributed by atoms with Gasteiger partial charge in [-0.05, 0) is 36.8 Å². The lowest BCUT2D eigenvalue weighted by Gasteiger charge is -2.08. The number of benzene rings is 1. The van der Waals surface area contributed by atoms with Crippen LogP contribution in [0.1, 0.15) is 11.1 Å². The molecule has 0 aliphatic carbocycles. The Morgan fingerprint density at radius 2 is 2.00 bits per heavy atom. The molecule has 1 N–H and O–H groups in total. The Balaban J connectivity index is 1.79. The number of pyridine rings is 1. The maximum atomic E-state index is 12.4. The van der Waals surface area contributed by atoms with Crippen molar-refractivity contribution in [1.82, 2.24) is 4.98 Å². The second-order valence-electron chi connectivity index (χ2n) is 4.53. The topological polar surface area (TPSA) is 24.9 Å². The molecule has 1 heterocycles. The van der Waals surface area contributed by atoms with Crippen LogP contribution in [0.15, 0.2) is 47.6 Å². The Morgan fingerprint density at radius 1 is 1.19 bits per heavy atom. The van der Waals surface area contributed by atoms with Crippen molar-refractivity contribution in [2.24, 2.45) is 0 Å². The molecule has 21 heavy (non-hydrogen) atoms. The van der Waals surface area contributed by atoms with Gasteiger partial charge < -0.3 is 5.32 Å². The highest BCUT2D eigenvalue weighted by Crippen LogP contribution is 2.29. The Kier molecular flexibility index (Phi) is 5.12. The lowest BCUT2D eigenvalue weighted by molar-refractivity contribution is -0.137. The first-order chi connectivity index (χ1) is 9.95. The van der Waals surface area contributed by atoms with Gasteiger partial charge in [-0.2, -0.15) is 13.2 Å². The summed E-state index contributed by atoms with van der Waals surface area (Å²) in [6.07, 6.45) is -3.46. The van der Waals surface area contributed by atoms with Gasteiger partial charge in [-0.25, -0.2) is 4.98 Å². The molecule has 0 saturated carbocycles. The van der Waals surface area contributed by atoms with Gasteiger partial charge >= 0.3 is 6.18 Å². The lowest BCUT2D eigenvalue weighted by Crippen LogP contribution is -2.06. The number of alkyl halides is 3. The molecule has 1 aromatic heterocycles. The van der Waals surface area contributed by atoms with Crippen molar-refractivity contribution in [1.29, 1.82) is 0 Å². The summed E-state index contributed by atoms with van der Waals surface area (Å²) in [5.41, 5.74) is 1.50. The molecule has 112 valence electrons. The number of halogens is 3. The van der Waals surface area contributed by atoms with Crippen LogP contribution in [0.4, 0.5) is 18.9 Å². The third-order valence-electron chi connectivity index (χ3n) is 2.76. The molecule has 0 fully saturated rings. The minimum Gasteiger partial charge on any atom is -0.384 e. The molecule has 2 aromatic rings. The van der Waals surface area contributed by atoms with Gasteiger partial charge in [0.25, 0.3) is 0 Å². The number of hydrogen-bond donors (Lipinski definition) is 1. The van der Waals surface area contributed by atoms with Crippen LogP contribution < -0.4 is 5.32 Å². The number of hydrogen-bond acceptors (Lipinski definition) is 3. The zero-order valence-corrected chi connectivity index (χ0v) is 12.3. The molecule has 0 spiro atoms. The zero-order valence-electron chi connectivity index (χ0n) is 11.4. The third kappa shape index (κ3) is 4.97. The average molecular weight is 312 g/mol. The molecular formula is C15H15F3N2S. The molecule has 2 rings (SSSR count). The second kappa shape index (κ2) is 6.85. The summed E-state index contributed by atoms with van der Waals surface area (Å²) in [7, 11) is 0. The highest BCUT2D eigenvalue weighted by molar-refractivity contribution is 7.99. The molecule has 0 atom stereocenters. The van der Waals surface area contributed by atoms with E-state index in [0.29, 0.717) is 5.03 Å². The fourth-order valence-electron chi connectivity index (χ4n) is 1.74. The molecule has 0 radical (unpaired) electrons. The summed E-state index contributed by atoms with van der Waals surface area (Å²) in [5.74, 6) is 0.728. The van der Waals surface area contributed by atoms with Gasteiger partial charge in [-0.3, -0.25) is 0 Å². The summed E-state index contributed by atoms with van der Waals surface area (Å²) in [6.45, 7) is 2.74. The highest BCUT2D eigenvalue weighted by Gasteiger charge is 2.30. The van der Waals surface area contributed by atoms with E-state index in [9.17, 15) is 13.2 Å². The number of aryl methyl sites for hydroxylation is 1. The summed E-state index contributed by atoms with van der Waals surface area (Å²) < 4.78 is 37.2. The first kappa shape index (κ1) is 15.7. The molecule has 2 nitrogen and oxygen atoms in total. The van der Waals surface area contributed by atoms with E-state index in [1.807, 2.05) is 31.2 Å². The van der Waals surface area contributed by atoms with Crippen LogP contribution in [0, 0.1) is 6.92 Å². The molecular weight excluding hydrogens is 297 g/mol. The number of rotatable bonds is 5. The number of thioether (sulfide) groups is 1. The number of nitrogens with one attached hydrogen (secondary N) is 1. The predicted molar refractivity (Wildman–Crippen MR) is 79.6 cm³/mol. The molecule has 0 aliphatic rings. The van der Waals surface area contributed by atoms with Crippen LogP contribution in [-0.2, 0) is 6.18 Å². The van der Waals surface area contributed by atoms with Crippen molar-refractivity contribution in [3.8, 4) is 0 Å². The van der Waals surface area contributed by atoms with E-state index in [2.05, 4.69) is 10.3 Å². The fourth-order valence-corrected chi connectivity index (χ4v) is 2.44. The van der Waals surface area contributed by atoms with Gasteiger partial charge in [0.05, 0.1) is 10.6 Å². The van der Waals surface area contributed by atoms with Crippen LogP contribution in [0.2, 0.25) is 0 Å². The monoisotopic (exact) mass is 312 g/mol. The van der Waals surface area contributed by atoms with E-state index in [0.717, 1.165) is 30.2 Å². The smallest absolute Gasteiger partial charge is 0.384 e. The van der Waals surface area contributed by atoms with Crippen LogP contribution in [-0.4, -0.2) is 17.3 Å². The van der Waals surface area contributed by atoms with Crippen molar-refractivity contribution in [2.75, 3.05) is 17.6 Å². The van der Waals surface area contributed by atoms with Crippen LogP contribution in [0.5, 0.6) is 0 Å². The first-order valence-corrected chi connectivity index (χ1v) is 7.40. The maximum absolute atomic E-state index is 12.4. The highest BCUT2D eigenvalue weighted by atomic mass is 32.2. The van der Waals surface area contributed by atoms with Gasteiger partial charge in [-0.1, -0.05) is 12.1 Å². The first-order valence-electron chi connectivity index (χ1n) is 6.42. The largest absolute Gasteiger partial charge is 0.417 e. The third-order valence-corrected chi connectivity index (χ3v) is 3.71. The molecule has 0 amide bonds. The quantitative estimate of drug-likeness (QED) is 0.644. The summed E-state index contributed by atoms with van der Waals surface area (Å²) in [5, 5.41) is 3.85. The molecule has 0 saturated heterocycles. The number of nitrogens with zero attached hydrogens (tertiary/aromatic N) is 1. The summed E-state index contributed by atoms with van der Waals surface area (Å²) in [6, 6.07) is 10.5. The predicted octanol–water partition coefficient (Wildman–Crippen LogP) is 4.61. The Bertz CT molecular complexity index is 582. The van der Waals surface area contributed by atoms with Gasteiger partial charge in [0.2, 0.25) is 0 Å². The maximum Gasteiger partial charge on any atom is 0.417 e. The fraction of sp³-hybridized carbons (Fsp3) is 0.267.